The number of hydrogen-bond donors (Lipinski definition) is 1. The van der Waals surface area contributed by atoms with Crippen LogP contribution in [0.4, 0.5) is 0 Å². The summed E-state index contributed by atoms with van der Waals surface area (Å²) in [5.74, 6) is 0. The molecule has 1 N–H and O–H groups in total. The average Bonchev–Trinajstić information content (AvgIpc) is 3.41. The summed E-state index contributed by atoms with van der Waals surface area (Å²) in [6.45, 7) is 0.185. The first kappa shape index (κ1) is 17.3. The summed E-state index contributed by atoms with van der Waals surface area (Å²) in [7, 11) is -3.72. The van der Waals surface area contributed by atoms with E-state index in [2.05, 4.69) is 20.3 Å². The zero-order valence-electron chi connectivity index (χ0n) is 14.8. The summed E-state index contributed by atoms with van der Waals surface area (Å²) in [5.41, 5.74) is 1.69. The Bertz CT molecular complexity index is 1520. The molecule has 0 aliphatic heterocycles. The number of aromatic amines is 1. The molecular weight excluding hydrogens is 394 g/mol. The van der Waals surface area contributed by atoms with Gasteiger partial charge in [-0.15, -0.1) is 0 Å². The highest BCUT2D eigenvalue weighted by molar-refractivity contribution is 7.91. The summed E-state index contributed by atoms with van der Waals surface area (Å²) in [5, 5.41) is 11.2. The van der Waals surface area contributed by atoms with Crippen LogP contribution in [0.5, 0.6) is 0 Å². The Hall–Kier alpha value is -3.79. The second-order valence-electron chi connectivity index (χ2n) is 6.40. The van der Waals surface area contributed by atoms with Crippen molar-refractivity contribution in [2.45, 2.75) is 16.3 Å². The van der Waals surface area contributed by atoms with Crippen LogP contribution in [-0.4, -0.2) is 33.4 Å². The molecule has 0 aliphatic rings. The van der Waals surface area contributed by atoms with E-state index >= 15 is 0 Å². The molecule has 5 rings (SSSR count). The summed E-state index contributed by atoms with van der Waals surface area (Å²) in [6, 6.07) is 9.65. The second kappa shape index (κ2) is 6.38. The third kappa shape index (κ3) is 2.90. The lowest BCUT2D eigenvalue weighted by molar-refractivity contribution is 0.596. The van der Waals surface area contributed by atoms with Crippen LogP contribution in [0.1, 0.15) is 5.69 Å². The zero-order valence-corrected chi connectivity index (χ0v) is 15.6. The predicted molar refractivity (Wildman–Crippen MR) is 103 cm³/mol. The van der Waals surface area contributed by atoms with E-state index in [1.807, 2.05) is 0 Å². The minimum atomic E-state index is -3.72. The molecule has 0 aliphatic carbocycles. The molecule has 0 radical (unpaired) electrons. The van der Waals surface area contributed by atoms with Crippen molar-refractivity contribution in [3.8, 4) is 0 Å². The smallest absolute Gasteiger partial charge is 0.274 e. The molecule has 29 heavy (non-hydrogen) atoms. The Morgan fingerprint density at radius 1 is 1.07 bits per heavy atom. The van der Waals surface area contributed by atoms with Crippen molar-refractivity contribution in [1.29, 1.82) is 0 Å². The van der Waals surface area contributed by atoms with Gasteiger partial charge < -0.3 is 4.42 Å². The molecule has 10 heteroatoms. The number of sulfone groups is 1. The molecule has 0 bridgehead atoms. The van der Waals surface area contributed by atoms with Crippen molar-refractivity contribution in [3.63, 3.8) is 0 Å². The van der Waals surface area contributed by atoms with Gasteiger partial charge in [0.15, 0.2) is 5.58 Å². The standard InChI is InChI=1S/C19H13N5O4S/c25-19-16-3-2-14(29(26,27)15-9-20-21-10-15)7-12(16)8-22-24(19)11-13-1-4-18-17(23-13)5-6-28-18/h1-10H,11H2,(H,20,21). The third-order valence-electron chi connectivity index (χ3n) is 4.59. The van der Waals surface area contributed by atoms with E-state index < -0.39 is 9.84 Å². The number of fused-ring (bicyclic) bond motifs is 2. The molecule has 0 saturated carbocycles. The third-order valence-corrected chi connectivity index (χ3v) is 6.31. The number of pyridine rings is 1. The number of nitrogens with zero attached hydrogens (tertiary/aromatic N) is 4. The van der Waals surface area contributed by atoms with E-state index in [9.17, 15) is 13.2 Å². The van der Waals surface area contributed by atoms with Gasteiger partial charge in [-0.25, -0.2) is 18.1 Å². The summed E-state index contributed by atoms with van der Waals surface area (Å²) in [6.07, 6.45) is 5.57. The molecule has 0 fully saturated rings. The number of hydrogen-bond acceptors (Lipinski definition) is 7. The van der Waals surface area contributed by atoms with Gasteiger partial charge in [0.25, 0.3) is 5.56 Å². The molecule has 4 heterocycles. The highest BCUT2D eigenvalue weighted by Gasteiger charge is 2.19. The quantitative estimate of drug-likeness (QED) is 0.484. The summed E-state index contributed by atoms with van der Waals surface area (Å²) < 4.78 is 31.8. The molecule has 1 aromatic carbocycles. The Balaban J connectivity index is 1.54. The van der Waals surface area contributed by atoms with Crippen LogP contribution in [0.2, 0.25) is 0 Å². The van der Waals surface area contributed by atoms with Gasteiger partial charge in [-0.3, -0.25) is 9.89 Å². The number of H-pyrrole nitrogens is 1. The van der Waals surface area contributed by atoms with Crippen molar-refractivity contribution in [1.82, 2.24) is 25.0 Å². The SMILES string of the molecule is O=c1c2ccc(S(=O)(=O)c3cn[nH]c3)cc2cnn1Cc1ccc2occc2n1. The maximum absolute atomic E-state index is 12.8. The van der Waals surface area contributed by atoms with Gasteiger partial charge >= 0.3 is 0 Å². The van der Waals surface area contributed by atoms with E-state index in [1.54, 1.807) is 24.5 Å². The maximum Gasteiger partial charge on any atom is 0.274 e. The van der Waals surface area contributed by atoms with Crippen LogP contribution in [0.15, 0.2) is 80.3 Å². The monoisotopic (exact) mass is 407 g/mol. The number of rotatable bonds is 4. The minimum absolute atomic E-state index is 0.0545. The molecule has 0 unspecified atom stereocenters. The van der Waals surface area contributed by atoms with E-state index in [1.165, 1.54) is 41.5 Å². The molecule has 0 atom stereocenters. The number of furan rings is 1. The largest absolute Gasteiger partial charge is 0.463 e. The topological polar surface area (TPSA) is 124 Å². The van der Waals surface area contributed by atoms with Crippen LogP contribution in [-0.2, 0) is 16.4 Å². The lowest BCUT2D eigenvalue weighted by Crippen LogP contribution is -2.23. The Morgan fingerprint density at radius 3 is 2.79 bits per heavy atom. The summed E-state index contributed by atoms with van der Waals surface area (Å²) >= 11 is 0. The van der Waals surface area contributed by atoms with Gasteiger partial charge in [-0.1, -0.05) is 0 Å². The van der Waals surface area contributed by atoms with Crippen molar-refractivity contribution in [3.05, 3.63) is 77.3 Å². The highest BCUT2D eigenvalue weighted by Crippen LogP contribution is 2.22. The molecule has 0 saturated heterocycles. The van der Waals surface area contributed by atoms with Crippen LogP contribution >= 0.6 is 0 Å². The fourth-order valence-corrected chi connectivity index (χ4v) is 4.31. The van der Waals surface area contributed by atoms with E-state index in [-0.39, 0.29) is 21.9 Å². The lowest BCUT2D eigenvalue weighted by atomic mass is 10.2. The normalized spacial score (nSPS) is 12.0. The van der Waals surface area contributed by atoms with Crippen LogP contribution in [0.3, 0.4) is 0 Å². The minimum Gasteiger partial charge on any atom is -0.463 e. The Labute approximate surface area is 163 Å². The molecule has 9 nitrogen and oxygen atoms in total. The fourth-order valence-electron chi connectivity index (χ4n) is 3.10. The van der Waals surface area contributed by atoms with Crippen molar-refractivity contribution in [2.75, 3.05) is 0 Å². The number of aromatic nitrogens is 5. The van der Waals surface area contributed by atoms with E-state index in [4.69, 9.17) is 4.42 Å². The molecule has 5 aromatic rings. The highest BCUT2D eigenvalue weighted by atomic mass is 32.2. The fraction of sp³-hybridized carbons (Fsp3) is 0.0526. The van der Waals surface area contributed by atoms with E-state index in [0.717, 1.165) is 0 Å². The number of benzene rings is 1. The van der Waals surface area contributed by atoms with Crippen molar-refractivity contribution < 1.29 is 12.8 Å². The zero-order chi connectivity index (χ0) is 20.0. The average molecular weight is 407 g/mol. The van der Waals surface area contributed by atoms with Crippen molar-refractivity contribution >= 4 is 31.7 Å². The van der Waals surface area contributed by atoms with Gasteiger partial charge in [-0.05, 0) is 30.3 Å². The second-order valence-corrected chi connectivity index (χ2v) is 8.35. The molecule has 0 amide bonds. The molecular formula is C19H13N5O4S. The van der Waals surface area contributed by atoms with Crippen LogP contribution in [0.25, 0.3) is 21.9 Å². The Kier molecular flexibility index (Phi) is 3.81. The Morgan fingerprint density at radius 2 is 1.97 bits per heavy atom. The lowest BCUT2D eigenvalue weighted by Gasteiger charge is -2.07. The first-order valence-corrected chi connectivity index (χ1v) is 10.1. The molecule has 0 spiro atoms. The first-order valence-electron chi connectivity index (χ1n) is 8.59. The molecule has 144 valence electrons. The van der Waals surface area contributed by atoms with E-state index in [0.29, 0.717) is 27.6 Å². The molecule has 4 aromatic heterocycles. The van der Waals surface area contributed by atoms with Gasteiger partial charge in [0.2, 0.25) is 9.84 Å². The van der Waals surface area contributed by atoms with Gasteiger partial charge in [0, 0.05) is 17.6 Å². The van der Waals surface area contributed by atoms with Gasteiger partial charge in [0.1, 0.15) is 10.4 Å². The number of nitrogens with one attached hydrogen (secondary N) is 1. The maximum atomic E-state index is 12.8. The van der Waals surface area contributed by atoms with Crippen LogP contribution in [0, 0.1) is 0 Å². The van der Waals surface area contributed by atoms with Crippen molar-refractivity contribution in [2.24, 2.45) is 0 Å². The van der Waals surface area contributed by atoms with Gasteiger partial charge in [-0.2, -0.15) is 10.2 Å². The predicted octanol–water partition coefficient (Wildman–Crippen LogP) is 2.14. The first-order chi connectivity index (χ1) is 14.0. The summed E-state index contributed by atoms with van der Waals surface area (Å²) in [4.78, 5) is 17.4. The van der Waals surface area contributed by atoms with Crippen LogP contribution < -0.4 is 5.56 Å². The van der Waals surface area contributed by atoms with Gasteiger partial charge in [0.05, 0.1) is 41.2 Å².